The zero-order valence-corrected chi connectivity index (χ0v) is 15.9. The van der Waals surface area contributed by atoms with E-state index in [2.05, 4.69) is 22.3 Å². The smallest absolute Gasteiger partial charge is 0.258 e. The minimum absolute atomic E-state index is 0.0257. The topological polar surface area (TPSA) is 68.5 Å². The number of hydrogen-bond donors (Lipinski definition) is 0. The van der Waals surface area contributed by atoms with Crippen LogP contribution < -0.4 is 4.74 Å². The van der Waals surface area contributed by atoms with E-state index in [0.29, 0.717) is 31.2 Å². The van der Waals surface area contributed by atoms with Crippen molar-refractivity contribution in [2.24, 2.45) is 0 Å². The maximum Gasteiger partial charge on any atom is 0.258 e. The first-order valence-corrected chi connectivity index (χ1v) is 9.56. The van der Waals surface area contributed by atoms with Crippen LogP contribution in [-0.2, 0) is 11.2 Å². The Morgan fingerprint density at radius 3 is 2.75 bits per heavy atom. The Morgan fingerprint density at radius 2 is 2.00 bits per heavy atom. The molecule has 1 amide bonds. The fraction of sp³-hybridized carbons (Fsp3) is 0.318. The van der Waals surface area contributed by atoms with Crippen molar-refractivity contribution >= 4 is 5.91 Å². The van der Waals surface area contributed by atoms with E-state index in [1.165, 1.54) is 5.56 Å². The monoisotopic (exact) mass is 377 g/mol. The highest BCUT2D eigenvalue weighted by atomic mass is 16.5. The zero-order valence-electron chi connectivity index (χ0n) is 15.9. The molecule has 4 rings (SSSR count). The average molecular weight is 377 g/mol. The standard InChI is InChI=1S/C22H23N3O3/c1-16-23-22(28-24-16)18-10-6-11-19(13-18)27-20-14-25(15-20)21(26)12-5-9-17-7-3-2-4-8-17/h2-4,6-8,10-11,13,20H,5,9,12,14-15H2,1H3. The van der Waals surface area contributed by atoms with Gasteiger partial charge >= 0.3 is 0 Å². The summed E-state index contributed by atoms with van der Waals surface area (Å²) in [5.74, 6) is 2.02. The van der Waals surface area contributed by atoms with E-state index in [9.17, 15) is 4.79 Å². The van der Waals surface area contributed by atoms with Crippen LogP contribution >= 0.6 is 0 Å². The molecule has 2 aromatic carbocycles. The first-order valence-electron chi connectivity index (χ1n) is 9.56. The van der Waals surface area contributed by atoms with Gasteiger partial charge in [0.2, 0.25) is 5.91 Å². The number of benzene rings is 2. The van der Waals surface area contributed by atoms with Gasteiger partial charge in [0.1, 0.15) is 11.9 Å². The van der Waals surface area contributed by atoms with Crippen molar-refractivity contribution in [3.8, 4) is 17.2 Å². The first kappa shape index (κ1) is 18.2. The summed E-state index contributed by atoms with van der Waals surface area (Å²) in [6.07, 6.45) is 2.41. The lowest BCUT2D eigenvalue weighted by molar-refractivity contribution is -0.140. The Labute approximate surface area is 164 Å². The van der Waals surface area contributed by atoms with Crippen LogP contribution in [0.4, 0.5) is 0 Å². The highest BCUT2D eigenvalue weighted by Gasteiger charge is 2.31. The minimum atomic E-state index is 0.0257. The van der Waals surface area contributed by atoms with Gasteiger partial charge in [0.25, 0.3) is 5.89 Å². The number of hydrogen-bond acceptors (Lipinski definition) is 5. The quantitative estimate of drug-likeness (QED) is 0.629. The van der Waals surface area contributed by atoms with Crippen molar-refractivity contribution < 1.29 is 14.1 Å². The molecular formula is C22H23N3O3. The van der Waals surface area contributed by atoms with Gasteiger partial charge in [0.15, 0.2) is 5.82 Å². The second-order valence-electron chi connectivity index (χ2n) is 7.05. The van der Waals surface area contributed by atoms with E-state index in [1.807, 2.05) is 47.4 Å². The van der Waals surface area contributed by atoms with Gasteiger partial charge in [-0.2, -0.15) is 4.98 Å². The molecule has 6 nitrogen and oxygen atoms in total. The molecule has 1 fully saturated rings. The first-order chi connectivity index (χ1) is 13.7. The molecular weight excluding hydrogens is 354 g/mol. The third-order valence-corrected chi connectivity index (χ3v) is 4.81. The molecule has 0 spiro atoms. The lowest BCUT2D eigenvalue weighted by Gasteiger charge is -2.39. The average Bonchev–Trinajstić information content (AvgIpc) is 3.12. The summed E-state index contributed by atoms with van der Waals surface area (Å²) in [6, 6.07) is 17.9. The Morgan fingerprint density at radius 1 is 1.18 bits per heavy atom. The predicted octanol–water partition coefficient (Wildman–Crippen LogP) is 3.66. The lowest BCUT2D eigenvalue weighted by Crippen LogP contribution is -2.56. The summed E-state index contributed by atoms with van der Waals surface area (Å²) < 4.78 is 11.2. The summed E-state index contributed by atoms with van der Waals surface area (Å²) in [6.45, 7) is 3.05. The summed E-state index contributed by atoms with van der Waals surface area (Å²) >= 11 is 0. The molecule has 0 bridgehead atoms. The SMILES string of the molecule is Cc1noc(-c2cccc(OC3CN(C(=O)CCCc4ccccc4)C3)c2)n1. The van der Waals surface area contributed by atoms with E-state index in [-0.39, 0.29) is 12.0 Å². The molecule has 0 atom stereocenters. The van der Waals surface area contributed by atoms with Crippen LogP contribution in [0, 0.1) is 6.92 Å². The van der Waals surface area contributed by atoms with Gasteiger partial charge in [-0.3, -0.25) is 4.79 Å². The van der Waals surface area contributed by atoms with Crippen LogP contribution in [0.1, 0.15) is 24.2 Å². The van der Waals surface area contributed by atoms with Gasteiger partial charge in [-0.1, -0.05) is 41.6 Å². The molecule has 144 valence electrons. The summed E-state index contributed by atoms with van der Waals surface area (Å²) in [5, 5.41) is 3.81. The number of rotatable bonds is 7. The highest BCUT2D eigenvalue weighted by molar-refractivity contribution is 5.77. The third kappa shape index (κ3) is 4.39. The van der Waals surface area contributed by atoms with Gasteiger partial charge in [-0.25, -0.2) is 0 Å². The molecule has 0 unspecified atom stereocenters. The van der Waals surface area contributed by atoms with Gasteiger partial charge in [-0.15, -0.1) is 0 Å². The van der Waals surface area contributed by atoms with Gasteiger partial charge in [0.05, 0.1) is 13.1 Å². The number of aryl methyl sites for hydroxylation is 2. The Kier molecular flexibility index (Phi) is 5.37. The molecule has 0 saturated carbocycles. The van der Waals surface area contributed by atoms with Crippen molar-refractivity contribution in [1.82, 2.24) is 15.0 Å². The van der Waals surface area contributed by atoms with Gasteiger partial charge < -0.3 is 14.2 Å². The second kappa shape index (κ2) is 8.25. The number of amides is 1. The van der Waals surface area contributed by atoms with E-state index in [1.54, 1.807) is 6.92 Å². The van der Waals surface area contributed by atoms with Gasteiger partial charge in [-0.05, 0) is 43.5 Å². The molecule has 1 saturated heterocycles. The van der Waals surface area contributed by atoms with E-state index in [0.717, 1.165) is 24.2 Å². The highest BCUT2D eigenvalue weighted by Crippen LogP contribution is 2.25. The largest absolute Gasteiger partial charge is 0.487 e. The fourth-order valence-electron chi connectivity index (χ4n) is 3.27. The Balaban J connectivity index is 1.23. The number of aromatic nitrogens is 2. The van der Waals surface area contributed by atoms with E-state index >= 15 is 0 Å². The molecule has 1 aromatic heterocycles. The van der Waals surface area contributed by atoms with Crippen LogP contribution in [0.5, 0.6) is 5.75 Å². The predicted molar refractivity (Wildman–Crippen MR) is 105 cm³/mol. The summed E-state index contributed by atoms with van der Waals surface area (Å²) in [5.41, 5.74) is 2.10. The zero-order chi connectivity index (χ0) is 19.3. The van der Waals surface area contributed by atoms with Crippen molar-refractivity contribution in [2.75, 3.05) is 13.1 Å². The Bertz CT molecular complexity index is 933. The molecule has 0 N–H and O–H groups in total. The molecule has 1 aliphatic heterocycles. The maximum atomic E-state index is 12.3. The van der Waals surface area contributed by atoms with E-state index in [4.69, 9.17) is 9.26 Å². The van der Waals surface area contributed by atoms with Crippen LogP contribution in [0.15, 0.2) is 59.1 Å². The minimum Gasteiger partial charge on any atom is -0.487 e. The number of likely N-dealkylation sites (tertiary alicyclic amines) is 1. The maximum absolute atomic E-state index is 12.3. The molecule has 1 aliphatic rings. The third-order valence-electron chi connectivity index (χ3n) is 4.81. The normalized spacial score (nSPS) is 14.0. The fourth-order valence-corrected chi connectivity index (χ4v) is 3.27. The van der Waals surface area contributed by atoms with Crippen LogP contribution in [-0.4, -0.2) is 40.1 Å². The molecule has 3 aromatic rings. The number of carbonyl (C=O) groups excluding carboxylic acids is 1. The van der Waals surface area contributed by atoms with Crippen LogP contribution in [0.3, 0.4) is 0 Å². The van der Waals surface area contributed by atoms with Crippen molar-refractivity contribution in [3.05, 3.63) is 66.0 Å². The number of nitrogens with zero attached hydrogens (tertiary/aromatic N) is 3. The van der Waals surface area contributed by atoms with Crippen LogP contribution in [0.25, 0.3) is 11.5 Å². The molecule has 2 heterocycles. The number of ether oxygens (including phenoxy) is 1. The summed E-state index contributed by atoms with van der Waals surface area (Å²) in [7, 11) is 0. The molecule has 0 aliphatic carbocycles. The molecule has 0 radical (unpaired) electrons. The van der Waals surface area contributed by atoms with E-state index < -0.39 is 0 Å². The summed E-state index contributed by atoms with van der Waals surface area (Å²) in [4.78, 5) is 18.4. The Hall–Kier alpha value is -3.15. The van der Waals surface area contributed by atoms with Crippen LogP contribution in [0.2, 0.25) is 0 Å². The second-order valence-corrected chi connectivity index (χ2v) is 7.05. The van der Waals surface area contributed by atoms with Crippen molar-refractivity contribution in [2.45, 2.75) is 32.3 Å². The van der Waals surface area contributed by atoms with Crippen molar-refractivity contribution in [1.29, 1.82) is 0 Å². The van der Waals surface area contributed by atoms with Gasteiger partial charge in [0, 0.05) is 12.0 Å². The number of carbonyl (C=O) groups is 1. The molecule has 28 heavy (non-hydrogen) atoms. The van der Waals surface area contributed by atoms with Crippen molar-refractivity contribution in [3.63, 3.8) is 0 Å². The lowest BCUT2D eigenvalue weighted by atomic mass is 10.1. The molecule has 6 heteroatoms.